The van der Waals surface area contributed by atoms with Gasteiger partial charge >= 0.3 is 0 Å². The number of anilines is 2. The van der Waals surface area contributed by atoms with Gasteiger partial charge in [0.25, 0.3) is 5.56 Å². The number of aromatic nitrogens is 2. The Bertz CT molecular complexity index is 579. The molecule has 1 aromatic heterocycles. The number of rotatable bonds is 4. The molecule has 0 spiro atoms. The Balaban J connectivity index is 2.29. The zero-order valence-electron chi connectivity index (χ0n) is 10.3. The highest BCUT2D eigenvalue weighted by atomic mass is 16.1. The smallest absolute Gasteiger partial charge is 0.290 e. The molecule has 2 rings (SSSR count). The third-order valence-electron chi connectivity index (χ3n) is 2.79. The van der Waals surface area contributed by atoms with Gasteiger partial charge in [-0.05, 0) is 18.6 Å². The van der Waals surface area contributed by atoms with Crippen LogP contribution < -0.4 is 16.2 Å². The van der Waals surface area contributed by atoms with Crippen LogP contribution in [0.3, 0.4) is 0 Å². The predicted octanol–water partition coefficient (Wildman–Crippen LogP) is 1.38. The molecule has 1 heterocycles. The van der Waals surface area contributed by atoms with Gasteiger partial charge in [0.1, 0.15) is 0 Å². The quantitative estimate of drug-likeness (QED) is 0.797. The Hall–Kier alpha value is -2.30. The zero-order valence-corrected chi connectivity index (χ0v) is 10.3. The van der Waals surface area contributed by atoms with Gasteiger partial charge in [0.2, 0.25) is 0 Å². The van der Waals surface area contributed by atoms with Crippen molar-refractivity contribution in [1.29, 1.82) is 0 Å². The van der Waals surface area contributed by atoms with Crippen LogP contribution in [-0.4, -0.2) is 16.5 Å². The van der Waals surface area contributed by atoms with Crippen molar-refractivity contribution in [3.8, 4) is 0 Å². The molecule has 0 radical (unpaired) electrons. The van der Waals surface area contributed by atoms with E-state index in [-0.39, 0.29) is 5.56 Å². The fraction of sp³-hybridized carbons (Fsp3) is 0.231. The maximum atomic E-state index is 11.7. The molecule has 3 N–H and O–H groups in total. The van der Waals surface area contributed by atoms with E-state index in [9.17, 15) is 4.79 Å². The number of nitrogen functional groups attached to an aromatic ring is 1. The maximum Gasteiger partial charge on any atom is 0.290 e. The second-order valence-electron chi connectivity index (χ2n) is 3.95. The summed E-state index contributed by atoms with van der Waals surface area (Å²) in [6.45, 7) is 3.24. The van der Waals surface area contributed by atoms with E-state index in [0.29, 0.717) is 18.9 Å². The van der Waals surface area contributed by atoms with Gasteiger partial charge in [-0.25, -0.2) is 4.98 Å². The number of hydrogen-bond acceptors (Lipinski definition) is 4. The predicted molar refractivity (Wildman–Crippen MR) is 72.4 cm³/mol. The molecular weight excluding hydrogens is 228 g/mol. The van der Waals surface area contributed by atoms with Crippen LogP contribution in [0.5, 0.6) is 0 Å². The van der Waals surface area contributed by atoms with E-state index in [1.165, 1.54) is 6.20 Å². The van der Waals surface area contributed by atoms with Crippen LogP contribution in [0.4, 0.5) is 11.5 Å². The normalized spacial score (nSPS) is 10.3. The van der Waals surface area contributed by atoms with Crippen LogP contribution in [0.2, 0.25) is 0 Å². The Kier molecular flexibility index (Phi) is 3.62. The van der Waals surface area contributed by atoms with E-state index < -0.39 is 0 Å². The molecule has 0 aliphatic heterocycles. The van der Waals surface area contributed by atoms with Gasteiger partial charge in [0, 0.05) is 31.2 Å². The molecule has 5 nitrogen and oxygen atoms in total. The summed E-state index contributed by atoms with van der Waals surface area (Å²) in [7, 11) is 0. The second kappa shape index (κ2) is 5.35. The average Bonchev–Trinajstić information content (AvgIpc) is 2.39. The molecule has 0 saturated carbocycles. The van der Waals surface area contributed by atoms with Crippen LogP contribution >= 0.6 is 0 Å². The fourth-order valence-electron chi connectivity index (χ4n) is 1.79. The van der Waals surface area contributed by atoms with Crippen LogP contribution in [-0.2, 0) is 6.54 Å². The summed E-state index contributed by atoms with van der Waals surface area (Å²) in [5.74, 6) is 0.420. The summed E-state index contributed by atoms with van der Waals surface area (Å²) in [5.41, 5.74) is 7.44. The number of H-pyrrole nitrogens is 1. The Morgan fingerprint density at radius 2 is 2.17 bits per heavy atom. The molecule has 94 valence electrons. The van der Waals surface area contributed by atoms with E-state index in [2.05, 4.69) is 9.97 Å². The number of nitrogens with zero attached hydrogens (tertiary/aromatic N) is 2. The van der Waals surface area contributed by atoms with Crippen molar-refractivity contribution >= 4 is 11.5 Å². The number of nitrogens with one attached hydrogen (secondary N) is 1. The van der Waals surface area contributed by atoms with Crippen molar-refractivity contribution in [2.45, 2.75) is 13.5 Å². The molecule has 5 heteroatoms. The highest BCUT2D eigenvalue weighted by Crippen LogP contribution is 2.15. The van der Waals surface area contributed by atoms with Crippen LogP contribution in [0.1, 0.15) is 12.5 Å². The molecule has 0 fully saturated rings. The molecular formula is C13H16N4O. The lowest BCUT2D eigenvalue weighted by Gasteiger charge is -2.21. The van der Waals surface area contributed by atoms with Gasteiger partial charge in [0.05, 0.1) is 0 Å². The molecule has 0 amide bonds. The number of benzene rings is 1. The average molecular weight is 244 g/mol. The Morgan fingerprint density at radius 3 is 2.83 bits per heavy atom. The number of hydrogen-bond donors (Lipinski definition) is 2. The topological polar surface area (TPSA) is 75.0 Å². The highest BCUT2D eigenvalue weighted by Gasteiger charge is 2.11. The van der Waals surface area contributed by atoms with Crippen molar-refractivity contribution in [3.05, 3.63) is 52.6 Å². The minimum atomic E-state index is -0.186. The molecule has 0 bridgehead atoms. The molecule has 0 aliphatic rings. The molecule has 18 heavy (non-hydrogen) atoms. The van der Waals surface area contributed by atoms with E-state index >= 15 is 0 Å². The molecule has 0 unspecified atom stereocenters. The maximum absolute atomic E-state index is 11.7. The standard InChI is InChI=1S/C13H16N4O/c1-2-17(12-13(18)16-8-7-15-12)9-10-5-3-4-6-11(10)14/h3-8H,2,9,14H2,1H3,(H,16,18). The number of para-hydroxylation sites is 1. The summed E-state index contributed by atoms with van der Waals surface area (Å²) in [5, 5.41) is 0. The summed E-state index contributed by atoms with van der Waals surface area (Å²) < 4.78 is 0. The van der Waals surface area contributed by atoms with Gasteiger partial charge in [-0.15, -0.1) is 0 Å². The van der Waals surface area contributed by atoms with Gasteiger partial charge in [0.15, 0.2) is 5.82 Å². The minimum Gasteiger partial charge on any atom is -0.398 e. The molecule has 1 aromatic carbocycles. The zero-order chi connectivity index (χ0) is 13.0. The van der Waals surface area contributed by atoms with E-state index in [0.717, 1.165) is 11.3 Å². The van der Waals surface area contributed by atoms with E-state index in [1.807, 2.05) is 36.1 Å². The van der Waals surface area contributed by atoms with Gasteiger partial charge < -0.3 is 15.6 Å². The van der Waals surface area contributed by atoms with Gasteiger partial charge in [-0.2, -0.15) is 0 Å². The lowest BCUT2D eigenvalue weighted by atomic mass is 10.1. The first-order chi connectivity index (χ1) is 8.72. The molecule has 2 aromatic rings. The fourth-order valence-corrected chi connectivity index (χ4v) is 1.79. The summed E-state index contributed by atoms with van der Waals surface area (Å²) in [6, 6.07) is 7.63. The van der Waals surface area contributed by atoms with Crippen molar-refractivity contribution < 1.29 is 0 Å². The van der Waals surface area contributed by atoms with Gasteiger partial charge in [-0.3, -0.25) is 4.79 Å². The highest BCUT2D eigenvalue weighted by molar-refractivity contribution is 5.49. The van der Waals surface area contributed by atoms with Crippen molar-refractivity contribution in [2.75, 3.05) is 17.2 Å². The molecule has 0 saturated heterocycles. The van der Waals surface area contributed by atoms with Gasteiger partial charge in [-0.1, -0.05) is 18.2 Å². The Labute approximate surface area is 105 Å². The monoisotopic (exact) mass is 244 g/mol. The third kappa shape index (κ3) is 2.51. The number of aromatic amines is 1. The van der Waals surface area contributed by atoms with Crippen molar-refractivity contribution in [2.24, 2.45) is 0 Å². The van der Waals surface area contributed by atoms with Crippen LogP contribution in [0.15, 0.2) is 41.5 Å². The van der Waals surface area contributed by atoms with E-state index in [1.54, 1.807) is 6.20 Å². The summed E-state index contributed by atoms with van der Waals surface area (Å²) in [6.07, 6.45) is 3.10. The largest absolute Gasteiger partial charge is 0.398 e. The lowest BCUT2D eigenvalue weighted by molar-refractivity contribution is 0.803. The van der Waals surface area contributed by atoms with Crippen LogP contribution in [0.25, 0.3) is 0 Å². The first-order valence-electron chi connectivity index (χ1n) is 5.84. The number of nitrogens with two attached hydrogens (primary N) is 1. The Morgan fingerprint density at radius 1 is 1.39 bits per heavy atom. The van der Waals surface area contributed by atoms with Crippen molar-refractivity contribution in [3.63, 3.8) is 0 Å². The SMILES string of the molecule is CCN(Cc1ccccc1N)c1ncc[nH]c1=O. The molecule has 0 atom stereocenters. The first-order valence-corrected chi connectivity index (χ1v) is 5.84. The minimum absolute atomic E-state index is 0.186. The van der Waals surface area contributed by atoms with Crippen molar-refractivity contribution in [1.82, 2.24) is 9.97 Å². The molecule has 0 aliphatic carbocycles. The van der Waals surface area contributed by atoms with E-state index in [4.69, 9.17) is 5.73 Å². The van der Waals surface area contributed by atoms with Crippen LogP contribution in [0, 0.1) is 0 Å². The third-order valence-corrected chi connectivity index (χ3v) is 2.79. The lowest BCUT2D eigenvalue weighted by Crippen LogP contribution is -2.29. The first kappa shape index (κ1) is 12.2. The summed E-state index contributed by atoms with van der Waals surface area (Å²) >= 11 is 0. The summed E-state index contributed by atoms with van der Waals surface area (Å²) in [4.78, 5) is 20.3. The second-order valence-corrected chi connectivity index (χ2v) is 3.95.